The van der Waals surface area contributed by atoms with E-state index in [2.05, 4.69) is 25.8 Å². The Morgan fingerprint density at radius 2 is 1.97 bits per heavy atom. The SMILES string of the molecule is CCOC(=O)c1cccc(NC(C)(C)C(=O)Nc2nc3c(C(F)(F)F)cc4[nH]ncc4c3s2)c1. The maximum Gasteiger partial charge on any atom is 0.418 e. The molecule has 8 nitrogen and oxygen atoms in total. The molecule has 0 fully saturated rings. The van der Waals surface area contributed by atoms with Gasteiger partial charge in [0, 0.05) is 11.1 Å². The molecule has 1 amide bonds. The second-order valence-electron chi connectivity index (χ2n) is 7.96. The van der Waals surface area contributed by atoms with E-state index in [0.717, 1.165) is 17.4 Å². The molecule has 0 saturated carbocycles. The zero-order valence-corrected chi connectivity index (χ0v) is 19.1. The van der Waals surface area contributed by atoms with Crippen molar-refractivity contribution in [2.75, 3.05) is 17.2 Å². The molecule has 0 atom stereocenters. The smallest absolute Gasteiger partial charge is 0.418 e. The summed E-state index contributed by atoms with van der Waals surface area (Å²) in [7, 11) is 0. The Bertz CT molecular complexity index is 1390. The molecule has 4 aromatic rings. The van der Waals surface area contributed by atoms with Gasteiger partial charge in [0.1, 0.15) is 5.54 Å². The number of carbonyl (C=O) groups is 2. The number of aromatic nitrogens is 3. The third-order valence-corrected chi connectivity index (χ3v) is 6.01. The predicted octanol–water partition coefficient (Wildman–Crippen LogP) is 5.20. The van der Waals surface area contributed by atoms with E-state index in [-0.39, 0.29) is 27.5 Å². The largest absolute Gasteiger partial charge is 0.462 e. The van der Waals surface area contributed by atoms with E-state index < -0.39 is 29.2 Å². The van der Waals surface area contributed by atoms with Gasteiger partial charge in [0.15, 0.2) is 5.13 Å². The molecule has 178 valence electrons. The number of hydrogen-bond acceptors (Lipinski definition) is 7. The normalized spacial score (nSPS) is 12.2. The summed E-state index contributed by atoms with van der Waals surface area (Å²) in [6, 6.07) is 7.42. The van der Waals surface area contributed by atoms with E-state index >= 15 is 0 Å². The van der Waals surface area contributed by atoms with E-state index in [1.165, 1.54) is 6.20 Å². The van der Waals surface area contributed by atoms with Crippen molar-refractivity contribution in [1.82, 2.24) is 15.2 Å². The Hall–Kier alpha value is -3.67. The quantitative estimate of drug-likeness (QED) is 0.320. The molecule has 0 aliphatic carbocycles. The number of carbonyl (C=O) groups excluding carboxylic acids is 2. The summed E-state index contributed by atoms with van der Waals surface area (Å²) in [5, 5.41) is 12.5. The molecular weight excluding hydrogens is 471 g/mol. The van der Waals surface area contributed by atoms with Crippen molar-refractivity contribution in [2.24, 2.45) is 0 Å². The van der Waals surface area contributed by atoms with Gasteiger partial charge >= 0.3 is 12.1 Å². The number of alkyl halides is 3. The van der Waals surface area contributed by atoms with Gasteiger partial charge in [-0.3, -0.25) is 15.2 Å². The number of hydrogen-bond donors (Lipinski definition) is 3. The second-order valence-corrected chi connectivity index (χ2v) is 8.95. The van der Waals surface area contributed by atoms with Crippen molar-refractivity contribution in [3.63, 3.8) is 0 Å². The first-order chi connectivity index (χ1) is 16.0. The molecule has 0 saturated heterocycles. The number of esters is 1. The molecule has 4 rings (SSSR count). The number of benzene rings is 2. The lowest BCUT2D eigenvalue weighted by atomic mass is 10.0. The van der Waals surface area contributed by atoms with Crippen molar-refractivity contribution >= 4 is 55.2 Å². The molecule has 0 aliphatic heterocycles. The lowest BCUT2D eigenvalue weighted by molar-refractivity contribution is -0.136. The number of rotatable bonds is 6. The Labute approximate surface area is 195 Å². The number of halogens is 3. The van der Waals surface area contributed by atoms with Crippen LogP contribution in [-0.2, 0) is 15.7 Å². The van der Waals surface area contributed by atoms with Crippen LogP contribution in [0.4, 0.5) is 24.0 Å². The molecule has 0 unspecified atom stereocenters. The molecule has 0 aliphatic rings. The summed E-state index contributed by atoms with van der Waals surface area (Å²) in [4.78, 5) is 29.0. The highest BCUT2D eigenvalue weighted by Crippen LogP contribution is 2.41. The van der Waals surface area contributed by atoms with Crippen LogP contribution in [0, 0.1) is 0 Å². The molecular formula is C22H20F3N5O3S. The maximum atomic E-state index is 13.6. The van der Waals surface area contributed by atoms with Gasteiger partial charge in [0.05, 0.1) is 39.7 Å². The summed E-state index contributed by atoms with van der Waals surface area (Å²) in [5.74, 6) is -1.01. The van der Waals surface area contributed by atoms with Crippen molar-refractivity contribution in [2.45, 2.75) is 32.5 Å². The lowest BCUT2D eigenvalue weighted by Crippen LogP contribution is -2.44. The van der Waals surface area contributed by atoms with Crippen LogP contribution >= 0.6 is 11.3 Å². The third kappa shape index (κ3) is 4.53. The van der Waals surface area contributed by atoms with E-state index in [9.17, 15) is 22.8 Å². The monoisotopic (exact) mass is 491 g/mol. The van der Waals surface area contributed by atoms with Crippen molar-refractivity contribution in [1.29, 1.82) is 0 Å². The fourth-order valence-corrected chi connectivity index (χ4v) is 4.36. The topological polar surface area (TPSA) is 109 Å². The number of amides is 1. The van der Waals surface area contributed by atoms with Crippen molar-refractivity contribution < 1.29 is 27.5 Å². The summed E-state index contributed by atoms with van der Waals surface area (Å²) >= 11 is 0.932. The van der Waals surface area contributed by atoms with Crippen LogP contribution in [-0.4, -0.2) is 39.2 Å². The molecule has 12 heteroatoms. The van der Waals surface area contributed by atoms with E-state index in [1.54, 1.807) is 45.0 Å². The Balaban J connectivity index is 1.60. The molecule has 2 heterocycles. The minimum Gasteiger partial charge on any atom is -0.462 e. The van der Waals surface area contributed by atoms with Gasteiger partial charge in [0.25, 0.3) is 5.91 Å². The number of H-pyrrole nitrogens is 1. The number of nitrogens with one attached hydrogen (secondary N) is 3. The average Bonchev–Trinajstić information content (AvgIpc) is 3.38. The van der Waals surface area contributed by atoms with E-state index in [0.29, 0.717) is 16.6 Å². The van der Waals surface area contributed by atoms with E-state index in [1.807, 2.05) is 0 Å². The predicted molar refractivity (Wildman–Crippen MR) is 123 cm³/mol. The lowest BCUT2D eigenvalue weighted by Gasteiger charge is -2.26. The van der Waals surface area contributed by atoms with Crippen LogP contribution in [0.5, 0.6) is 0 Å². The van der Waals surface area contributed by atoms with Gasteiger partial charge in [-0.05, 0) is 45.0 Å². The molecule has 0 bridgehead atoms. The second kappa shape index (κ2) is 8.60. The minimum atomic E-state index is -4.63. The average molecular weight is 491 g/mol. The van der Waals surface area contributed by atoms with E-state index in [4.69, 9.17) is 4.74 Å². The Morgan fingerprint density at radius 3 is 2.68 bits per heavy atom. The first kappa shape index (κ1) is 23.5. The van der Waals surface area contributed by atoms with Crippen LogP contribution in [0.2, 0.25) is 0 Å². The van der Waals surface area contributed by atoms with Crippen LogP contribution in [0.1, 0.15) is 36.7 Å². The number of nitrogens with zero attached hydrogens (tertiary/aromatic N) is 2. The fourth-order valence-electron chi connectivity index (χ4n) is 3.36. The van der Waals surface area contributed by atoms with Crippen LogP contribution in [0.3, 0.4) is 0 Å². The summed E-state index contributed by atoms with van der Waals surface area (Å²) in [5.41, 5.74) is -1.32. The highest BCUT2D eigenvalue weighted by molar-refractivity contribution is 7.23. The number of ether oxygens (including phenoxy) is 1. The standard InChI is InChI=1S/C22H20F3N5O3S/c1-4-33-18(31)11-6-5-7-12(8-11)29-21(2,3)19(32)28-20-27-16-14(22(23,24)25)9-15-13(10-26-30-15)17(16)34-20/h5-10,29H,4H2,1-3H3,(H,26,30)(H,27,28,32). The number of anilines is 2. The van der Waals surface area contributed by atoms with Gasteiger partial charge < -0.3 is 10.1 Å². The minimum absolute atomic E-state index is 0.0225. The fraction of sp³-hybridized carbons (Fsp3) is 0.273. The van der Waals surface area contributed by atoms with Crippen molar-refractivity contribution in [3.8, 4) is 0 Å². The number of fused-ring (bicyclic) bond motifs is 3. The van der Waals surface area contributed by atoms with Crippen LogP contribution < -0.4 is 10.6 Å². The van der Waals surface area contributed by atoms with Gasteiger partial charge in [-0.1, -0.05) is 17.4 Å². The molecule has 34 heavy (non-hydrogen) atoms. The molecule has 2 aromatic heterocycles. The highest BCUT2D eigenvalue weighted by atomic mass is 32.1. The number of thiazole rings is 1. The van der Waals surface area contributed by atoms with Gasteiger partial charge in [0.2, 0.25) is 0 Å². The maximum absolute atomic E-state index is 13.6. The van der Waals surface area contributed by atoms with Crippen molar-refractivity contribution in [3.05, 3.63) is 47.7 Å². The zero-order chi connectivity index (χ0) is 24.7. The first-order valence-corrected chi connectivity index (χ1v) is 11.0. The molecule has 0 spiro atoms. The summed E-state index contributed by atoms with van der Waals surface area (Å²) in [6.07, 6.45) is -3.21. The molecule has 2 aromatic carbocycles. The van der Waals surface area contributed by atoms with Crippen LogP contribution in [0.15, 0.2) is 36.5 Å². The Kier molecular flexibility index (Phi) is 5.94. The zero-order valence-electron chi connectivity index (χ0n) is 18.3. The van der Waals surface area contributed by atoms with Gasteiger partial charge in [-0.2, -0.15) is 18.3 Å². The number of aromatic amines is 1. The first-order valence-electron chi connectivity index (χ1n) is 10.2. The highest BCUT2D eigenvalue weighted by Gasteiger charge is 2.36. The van der Waals surface area contributed by atoms with Gasteiger partial charge in [-0.25, -0.2) is 9.78 Å². The summed E-state index contributed by atoms with van der Waals surface area (Å²) < 4.78 is 46.0. The molecule has 3 N–H and O–H groups in total. The van der Waals surface area contributed by atoms with Gasteiger partial charge in [-0.15, -0.1) is 0 Å². The summed E-state index contributed by atoms with van der Waals surface area (Å²) in [6.45, 7) is 5.13. The third-order valence-electron chi connectivity index (χ3n) is 5.01. The molecule has 0 radical (unpaired) electrons. The Morgan fingerprint density at radius 1 is 1.21 bits per heavy atom. The van der Waals surface area contributed by atoms with Crippen LogP contribution in [0.25, 0.3) is 21.1 Å².